The normalized spacial score (nSPS) is 12.1. The molecule has 0 aliphatic heterocycles. The lowest BCUT2D eigenvalue weighted by atomic mass is 9.84. The molecule has 5 heteroatoms. The number of benzene rings is 2. The third kappa shape index (κ3) is 3.87. The van der Waals surface area contributed by atoms with Gasteiger partial charge in [-0.2, -0.15) is 0 Å². The van der Waals surface area contributed by atoms with Crippen LogP contribution in [0.15, 0.2) is 59.5 Å². The van der Waals surface area contributed by atoms with Crippen molar-refractivity contribution in [3.05, 3.63) is 60.2 Å². The van der Waals surface area contributed by atoms with Crippen molar-refractivity contribution < 1.29 is 8.42 Å². The second-order valence-corrected chi connectivity index (χ2v) is 7.72. The van der Waals surface area contributed by atoms with Crippen LogP contribution in [0.4, 0.5) is 5.69 Å². The van der Waals surface area contributed by atoms with Crippen molar-refractivity contribution in [3.63, 3.8) is 0 Å². The molecule has 0 spiro atoms. The Morgan fingerprint density at radius 2 is 1.55 bits per heavy atom. The number of rotatable bonds is 6. The van der Waals surface area contributed by atoms with Crippen molar-refractivity contribution in [2.45, 2.75) is 24.2 Å². The van der Waals surface area contributed by atoms with Gasteiger partial charge in [0.1, 0.15) is 0 Å². The van der Waals surface area contributed by atoms with Gasteiger partial charge in [-0.1, -0.05) is 44.2 Å². The largest absolute Gasteiger partial charge is 0.384 e. The highest BCUT2D eigenvalue weighted by Crippen LogP contribution is 2.24. The number of sulfonamides is 1. The summed E-state index contributed by atoms with van der Waals surface area (Å²) in [5.41, 5.74) is 2.15. The molecule has 0 saturated heterocycles. The fraction of sp³-hybridized carbons (Fsp3) is 0.294. The van der Waals surface area contributed by atoms with Gasteiger partial charge in [0, 0.05) is 17.6 Å². The Hall–Kier alpha value is -1.85. The third-order valence-corrected chi connectivity index (χ3v) is 5.15. The van der Waals surface area contributed by atoms with Gasteiger partial charge in [-0.15, -0.1) is 0 Å². The molecule has 0 unspecified atom stereocenters. The first kappa shape index (κ1) is 16.5. The number of hydrogen-bond acceptors (Lipinski definition) is 3. The van der Waals surface area contributed by atoms with Gasteiger partial charge in [0.15, 0.2) is 0 Å². The molecule has 0 atom stereocenters. The van der Waals surface area contributed by atoms with Gasteiger partial charge in [0.25, 0.3) is 0 Å². The summed E-state index contributed by atoms with van der Waals surface area (Å²) in [6, 6.07) is 17.1. The summed E-state index contributed by atoms with van der Waals surface area (Å²) < 4.78 is 25.7. The van der Waals surface area contributed by atoms with E-state index >= 15 is 0 Å². The average Bonchev–Trinajstić information content (AvgIpc) is 2.54. The second kappa shape index (κ2) is 6.50. The monoisotopic (exact) mass is 318 g/mol. The van der Waals surface area contributed by atoms with Crippen molar-refractivity contribution in [1.82, 2.24) is 4.72 Å². The molecule has 2 rings (SSSR count). The molecule has 4 nitrogen and oxygen atoms in total. The molecule has 2 aromatic rings. The van der Waals surface area contributed by atoms with E-state index in [0.29, 0.717) is 0 Å². The Morgan fingerprint density at radius 1 is 0.955 bits per heavy atom. The van der Waals surface area contributed by atoms with E-state index in [1.807, 2.05) is 18.2 Å². The standard InChI is InChI=1S/C17H22N2O2S/c1-17(2,14-7-5-4-6-8-14)13-19-15-9-11-16(12-10-15)22(20,21)18-3/h4-12,18-19H,13H2,1-3H3. The zero-order chi connectivity index (χ0) is 16.2. The van der Waals surface area contributed by atoms with E-state index in [9.17, 15) is 8.42 Å². The average molecular weight is 318 g/mol. The van der Waals surface area contributed by atoms with Crippen molar-refractivity contribution in [2.24, 2.45) is 0 Å². The molecule has 0 fully saturated rings. The summed E-state index contributed by atoms with van der Waals surface area (Å²) in [6.45, 7) is 5.11. The highest BCUT2D eigenvalue weighted by molar-refractivity contribution is 7.89. The lowest BCUT2D eigenvalue weighted by Crippen LogP contribution is -2.27. The maximum absolute atomic E-state index is 11.7. The molecule has 118 valence electrons. The van der Waals surface area contributed by atoms with Gasteiger partial charge >= 0.3 is 0 Å². The van der Waals surface area contributed by atoms with E-state index in [4.69, 9.17) is 0 Å². The molecular formula is C17H22N2O2S. The molecule has 0 heterocycles. The summed E-state index contributed by atoms with van der Waals surface area (Å²) in [4.78, 5) is 0.267. The van der Waals surface area contributed by atoms with Gasteiger partial charge in [-0.3, -0.25) is 0 Å². The van der Waals surface area contributed by atoms with Crippen LogP contribution in [0.1, 0.15) is 19.4 Å². The van der Waals surface area contributed by atoms with Gasteiger partial charge in [0.05, 0.1) is 4.90 Å². The zero-order valence-electron chi connectivity index (χ0n) is 13.1. The smallest absolute Gasteiger partial charge is 0.240 e. The molecule has 2 N–H and O–H groups in total. The van der Waals surface area contributed by atoms with Crippen LogP contribution in [0.5, 0.6) is 0 Å². The molecule has 0 aliphatic carbocycles. The minimum absolute atomic E-state index is 0.0169. The Kier molecular flexibility index (Phi) is 4.88. The lowest BCUT2D eigenvalue weighted by molar-refractivity contribution is 0.557. The first-order chi connectivity index (χ1) is 10.3. The Morgan fingerprint density at radius 3 is 2.09 bits per heavy atom. The molecule has 0 aromatic heterocycles. The fourth-order valence-corrected chi connectivity index (χ4v) is 2.91. The van der Waals surface area contributed by atoms with Crippen LogP contribution < -0.4 is 10.0 Å². The predicted molar refractivity (Wildman–Crippen MR) is 90.6 cm³/mol. The third-order valence-electron chi connectivity index (χ3n) is 3.72. The SMILES string of the molecule is CNS(=O)(=O)c1ccc(NCC(C)(C)c2ccccc2)cc1. The minimum Gasteiger partial charge on any atom is -0.384 e. The van der Waals surface area contributed by atoms with Crippen LogP contribution in [0.3, 0.4) is 0 Å². The minimum atomic E-state index is -3.38. The molecule has 0 saturated carbocycles. The van der Waals surface area contributed by atoms with Crippen LogP contribution in [0, 0.1) is 0 Å². The van der Waals surface area contributed by atoms with Crippen LogP contribution in [0.2, 0.25) is 0 Å². The van der Waals surface area contributed by atoms with E-state index in [1.165, 1.54) is 12.6 Å². The van der Waals surface area contributed by atoms with E-state index in [1.54, 1.807) is 24.3 Å². The Balaban J connectivity index is 2.06. The van der Waals surface area contributed by atoms with E-state index in [0.717, 1.165) is 12.2 Å². The quantitative estimate of drug-likeness (QED) is 0.861. The van der Waals surface area contributed by atoms with E-state index in [-0.39, 0.29) is 10.3 Å². The van der Waals surface area contributed by atoms with E-state index in [2.05, 4.69) is 36.0 Å². The second-order valence-electron chi connectivity index (χ2n) is 5.84. The summed E-state index contributed by atoms with van der Waals surface area (Å²) in [5, 5.41) is 3.36. The molecule has 0 radical (unpaired) electrons. The zero-order valence-corrected chi connectivity index (χ0v) is 13.9. The van der Waals surface area contributed by atoms with Crippen molar-refractivity contribution in [1.29, 1.82) is 0 Å². The van der Waals surface area contributed by atoms with Crippen molar-refractivity contribution in [2.75, 3.05) is 18.9 Å². The molecule has 0 bridgehead atoms. The van der Waals surface area contributed by atoms with Crippen LogP contribution >= 0.6 is 0 Å². The van der Waals surface area contributed by atoms with Crippen LogP contribution in [-0.4, -0.2) is 22.0 Å². The molecule has 22 heavy (non-hydrogen) atoms. The Labute approximate surface area is 132 Å². The summed E-state index contributed by atoms with van der Waals surface area (Å²) >= 11 is 0. The van der Waals surface area contributed by atoms with Crippen LogP contribution in [0.25, 0.3) is 0 Å². The topological polar surface area (TPSA) is 58.2 Å². The first-order valence-electron chi connectivity index (χ1n) is 7.18. The lowest BCUT2D eigenvalue weighted by Gasteiger charge is -2.26. The van der Waals surface area contributed by atoms with Crippen molar-refractivity contribution >= 4 is 15.7 Å². The number of hydrogen-bond donors (Lipinski definition) is 2. The molecule has 0 aliphatic rings. The maximum Gasteiger partial charge on any atom is 0.240 e. The van der Waals surface area contributed by atoms with Crippen LogP contribution in [-0.2, 0) is 15.4 Å². The van der Waals surface area contributed by atoms with Gasteiger partial charge in [0.2, 0.25) is 10.0 Å². The fourth-order valence-electron chi connectivity index (χ4n) is 2.18. The maximum atomic E-state index is 11.7. The number of nitrogens with one attached hydrogen (secondary N) is 2. The molecule has 2 aromatic carbocycles. The summed E-state index contributed by atoms with van der Waals surface area (Å²) in [5.74, 6) is 0. The number of anilines is 1. The summed E-state index contributed by atoms with van der Waals surface area (Å²) in [6.07, 6.45) is 0. The highest BCUT2D eigenvalue weighted by Gasteiger charge is 2.20. The van der Waals surface area contributed by atoms with Gasteiger partial charge in [-0.05, 0) is 36.9 Å². The van der Waals surface area contributed by atoms with Crippen molar-refractivity contribution in [3.8, 4) is 0 Å². The first-order valence-corrected chi connectivity index (χ1v) is 8.66. The van der Waals surface area contributed by atoms with Gasteiger partial charge in [-0.25, -0.2) is 13.1 Å². The molecule has 0 amide bonds. The predicted octanol–water partition coefficient (Wildman–Crippen LogP) is 2.98. The van der Waals surface area contributed by atoms with E-state index < -0.39 is 10.0 Å². The highest BCUT2D eigenvalue weighted by atomic mass is 32.2. The Bertz CT molecular complexity index is 708. The molecular weight excluding hydrogens is 296 g/mol. The summed E-state index contributed by atoms with van der Waals surface area (Å²) in [7, 11) is -1.97. The van der Waals surface area contributed by atoms with Gasteiger partial charge < -0.3 is 5.32 Å².